The van der Waals surface area contributed by atoms with Crippen molar-refractivity contribution in [2.45, 2.75) is 97.0 Å². The molecular formula is C64H81IN8O18. The molecule has 0 bridgehead atoms. The highest BCUT2D eigenvalue weighted by atomic mass is 127. The number of allylic oxidation sites excluding steroid dienone is 4. The third-order valence-corrected chi connectivity index (χ3v) is 15.4. The van der Waals surface area contributed by atoms with E-state index >= 15 is 0 Å². The number of fused-ring (bicyclic) bond motifs is 4. The number of ether oxygens (including phenoxy) is 9. The van der Waals surface area contributed by atoms with Gasteiger partial charge in [0.05, 0.1) is 119 Å². The molecule has 0 aromatic heterocycles. The first-order chi connectivity index (χ1) is 43.8. The average Bonchev–Trinajstić information content (AvgIpc) is 1.66. The highest BCUT2D eigenvalue weighted by molar-refractivity contribution is 14.1. The summed E-state index contributed by atoms with van der Waals surface area (Å²) in [6.07, 6.45) is 9.97. The van der Waals surface area contributed by atoms with Gasteiger partial charge in [0.1, 0.15) is 18.7 Å². The minimum atomic E-state index is -1.64. The monoisotopic (exact) mass is 1380 g/mol. The van der Waals surface area contributed by atoms with Crippen LogP contribution in [0.5, 0.6) is 23.0 Å². The number of aliphatic imine (C=N–C) groups is 1. The zero-order chi connectivity index (χ0) is 65.6. The molecule has 0 saturated heterocycles. The largest absolute Gasteiger partial charge is 0.493 e. The lowest BCUT2D eigenvalue weighted by Crippen LogP contribution is -2.53. The van der Waals surface area contributed by atoms with E-state index in [4.69, 9.17) is 42.6 Å². The second kappa shape index (κ2) is 34.5. The Balaban J connectivity index is 0.893. The number of nitrogens with one attached hydrogen (secondary N) is 4. The van der Waals surface area contributed by atoms with E-state index in [2.05, 4.69) is 26.3 Å². The van der Waals surface area contributed by atoms with E-state index in [1.54, 1.807) is 56.6 Å². The molecular weight excluding hydrogens is 1300 g/mol. The number of amides is 7. The number of anilines is 2. The molecule has 3 aromatic carbocycles. The Kier molecular flexibility index (Phi) is 26.7. The Morgan fingerprint density at radius 1 is 0.736 bits per heavy atom. The molecule has 4 aliphatic heterocycles. The van der Waals surface area contributed by atoms with Crippen LogP contribution in [0.25, 0.3) is 0 Å². The molecule has 3 aromatic rings. The summed E-state index contributed by atoms with van der Waals surface area (Å²) < 4.78 is 51.7. The van der Waals surface area contributed by atoms with Crippen molar-refractivity contribution in [2.75, 3.05) is 101 Å². The molecule has 5 atom stereocenters. The lowest BCUT2D eigenvalue weighted by molar-refractivity contribution is -0.132. The van der Waals surface area contributed by atoms with Gasteiger partial charge in [-0.05, 0) is 74.1 Å². The van der Waals surface area contributed by atoms with Crippen molar-refractivity contribution >= 4 is 87.4 Å². The number of carbonyl (C=O) groups excluding carboxylic acids is 7. The van der Waals surface area contributed by atoms with Gasteiger partial charge >= 0.3 is 6.09 Å². The van der Waals surface area contributed by atoms with Crippen molar-refractivity contribution in [3.05, 3.63) is 113 Å². The number of halogens is 1. The van der Waals surface area contributed by atoms with Gasteiger partial charge in [0.15, 0.2) is 35.0 Å². The number of carbonyl (C=O) groups is 7. The van der Waals surface area contributed by atoms with Crippen LogP contribution >= 0.6 is 22.6 Å². The van der Waals surface area contributed by atoms with E-state index in [0.717, 1.165) is 16.0 Å². The van der Waals surface area contributed by atoms with Gasteiger partial charge in [-0.15, -0.1) is 0 Å². The Bertz CT molecular complexity index is 3230. The maximum absolute atomic E-state index is 14.4. The molecule has 7 rings (SSSR count). The van der Waals surface area contributed by atoms with Crippen LogP contribution in [0, 0.1) is 5.92 Å². The number of nitrogens with zero attached hydrogens (tertiary/aromatic N) is 4. The second-order valence-corrected chi connectivity index (χ2v) is 22.5. The van der Waals surface area contributed by atoms with Crippen LogP contribution in [-0.4, -0.2) is 189 Å². The highest BCUT2D eigenvalue weighted by Gasteiger charge is 2.46. The summed E-state index contributed by atoms with van der Waals surface area (Å²) in [7, 11) is 2.85. The van der Waals surface area contributed by atoms with Crippen LogP contribution in [0.4, 0.5) is 21.9 Å². The van der Waals surface area contributed by atoms with E-state index in [1.807, 2.05) is 60.7 Å². The van der Waals surface area contributed by atoms with E-state index in [0.29, 0.717) is 74.0 Å². The summed E-state index contributed by atoms with van der Waals surface area (Å²) in [5, 5.41) is 34.3. The molecule has 0 fully saturated rings. The topological polar surface area (TPSA) is 313 Å². The summed E-state index contributed by atoms with van der Waals surface area (Å²) in [5.41, 5.74) is 1.29. The summed E-state index contributed by atoms with van der Waals surface area (Å²) in [5.74, 6) is -1.93. The molecule has 91 heavy (non-hydrogen) atoms. The Hall–Kier alpha value is -7.93. The van der Waals surface area contributed by atoms with E-state index in [9.17, 15) is 43.8 Å². The van der Waals surface area contributed by atoms with Gasteiger partial charge in [0.25, 0.3) is 11.8 Å². The molecule has 6 N–H and O–H groups in total. The second-order valence-electron chi connectivity index (χ2n) is 21.7. The minimum Gasteiger partial charge on any atom is -0.493 e. The molecule has 0 spiro atoms. The van der Waals surface area contributed by atoms with Gasteiger partial charge < -0.3 is 79.0 Å². The fraction of sp³-hybridized carbons (Fsp3) is 0.469. The summed E-state index contributed by atoms with van der Waals surface area (Å²) in [6, 6.07) is 9.55. The normalized spacial score (nSPS) is 18.1. The Morgan fingerprint density at radius 2 is 1.35 bits per heavy atom. The van der Waals surface area contributed by atoms with Gasteiger partial charge in [-0.1, -0.05) is 72.9 Å². The van der Waals surface area contributed by atoms with Crippen molar-refractivity contribution in [2.24, 2.45) is 10.9 Å². The minimum absolute atomic E-state index is 0.00352. The number of hydrogen-bond donors (Lipinski definition) is 6. The lowest BCUT2D eigenvalue weighted by Gasteiger charge is -2.31. The first-order valence-electron chi connectivity index (χ1n) is 29.9. The molecule has 492 valence electrons. The smallest absolute Gasteiger partial charge is 0.416 e. The number of benzene rings is 3. The van der Waals surface area contributed by atoms with Crippen molar-refractivity contribution in [3.63, 3.8) is 0 Å². The Morgan fingerprint density at radius 3 is 1.98 bits per heavy atom. The van der Waals surface area contributed by atoms with Crippen LogP contribution in [0.15, 0.2) is 101 Å². The first-order valence-corrected chi connectivity index (χ1v) is 31.4. The standard InChI is InChI=1S/C64H81IN8O18/c1-8-11-43-29-50-62(80)73(49-33-54(52(84-7)31-47(49)60(78)71(50)36-43)90-20-10-19-89-53-32-48-46(30-51(53)83-6)61(79)72-37-44(12-9-2)34-64(72,82)39-67-48)63(81)91-38-42-13-15-45(16-14-42)69-58(76)41(5)68-59(77)57(40(3)4)70-55(74)17-21-85-23-25-87-27-28-88-26-24-86-22-18-66-56(75)35-65/h8-9,11-16,30-33,36-37,39-41,50,57,62,80,82H,10,17-29,34-35,38H2,1-7H3,(H,66,75)(H,68,77)(H,69,76)(H,70,74)/b11-8+,12-9+/t41-,50-,57-,62-,64+/m0/s1. The maximum atomic E-state index is 14.4. The summed E-state index contributed by atoms with van der Waals surface area (Å²) in [4.78, 5) is 101. The molecule has 26 nitrogen and oxygen atoms in total. The van der Waals surface area contributed by atoms with Gasteiger partial charge in [-0.25, -0.2) is 9.69 Å². The van der Waals surface area contributed by atoms with Gasteiger partial charge in [0.2, 0.25) is 23.6 Å². The maximum Gasteiger partial charge on any atom is 0.416 e. The number of aliphatic hydroxyl groups excluding tert-OH is 1. The fourth-order valence-electron chi connectivity index (χ4n) is 10.0. The van der Waals surface area contributed by atoms with Crippen LogP contribution in [-0.2, 0) is 49.5 Å². The summed E-state index contributed by atoms with van der Waals surface area (Å²) >= 11 is 1.99. The van der Waals surface area contributed by atoms with E-state index in [-0.39, 0.29) is 104 Å². The number of aliphatic hydroxyl groups is 2. The number of rotatable bonds is 34. The van der Waals surface area contributed by atoms with Crippen LogP contribution < -0.4 is 45.1 Å². The summed E-state index contributed by atoms with van der Waals surface area (Å²) in [6.45, 7) is 11.6. The van der Waals surface area contributed by atoms with Crippen molar-refractivity contribution in [1.82, 2.24) is 25.8 Å². The van der Waals surface area contributed by atoms with Crippen LogP contribution in [0.2, 0.25) is 0 Å². The molecule has 0 aliphatic carbocycles. The third-order valence-electron chi connectivity index (χ3n) is 14.7. The lowest BCUT2D eigenvalue weighted by atomic mass is 10.0. The zero-order valence-corrected chi connectivity index (χ0v) is 54.3. The molecule has 0 unspecified atom stereocenters. The number of hydrogen-bond acceptors (Lipinski definition) is 19. The van der Waals surface area contributed by atoms with E-state index < -0.39 is 65.7 Å². The van der Waals surface area contributed by atoms with Gasteiger partial charge in [0, 0.05) is 56.0 Å². The predicted molar refractivity (Wildman–Crippen MR) is 344 cm³/mol. The van der Waals surface area contributed by atoms with E-state index in [1.165, 1.54) is 55.4 Å². The van der Waals surface area contributed by atoms with Crippen molar-refractivity contribution in [3.8, 4) is 23.0 Å². The SMILES string of the molecule is C/C=C/C1=CN2C(=O)c3cc(OC)c(OCCCOc4cc5c(cc4OC)C(=O)N4C=C(/C=C/C)C[C@@]4(O)C=N5)cc3N(C(=O)OCc3ccc(NC(=O)[C@H](C)NC(=O)[C@@H](NC(=O)CCOCCOCCOCCOCCNC(=O)CI)C(C)C)cc3)[C@@H](O)[C@@H]2C1. The van der Waals surface area contributed by atoms with Gasteiger partial charge in [-0.3, -0.25) is 38.7 Å². The molecule has 7 amide bonds. The molecule has 4 aliphatic rings. The first kappa shape index (κ1) is 70.5. The predicted octanol–water partition coefficient (Wildman–Crippen LogP) is 6.00. The highest BCUT2D eigenvalue weighted by Crippen LogP contribution is 2.44. The third kappa shape index (κ3) is 19.1. The van der Waals surface area contributed by atoms with Crippen LogP contribution in [0.1, 0.15) is 86.6 Å². The molecule has 0 saturated carbocycles. The fourth-order valence-corrected chi connectivity index (χ4v) is 10.3. The number of methoxy groups -OCH3 is 2. The molecule has 27 heteroatoms. The number of alkyl halides is 1. The molecule has 4 heterocycles. The van der Waals surface area contributed by atoms with Crippen LogP contribution in [0.3, 0.4) is 0 Å². The Labute approximate surface area is 542 Å². The molecule has 0 radical (unpaired) electrons. The van der Waals surface area contributed by atoms with Crippen molar-refractivity contribution in [1.29, 1.82) is 0 Å². The average molecular weight is 1380 g/mol. The van der Waals surface area contributed by atoms with Crippen molar-refractivity contribution < 1.29 is 86.4 Å². The van der Waals surface area contributed by atoms with Gasteiger partial charge in [-0.2, -0.15) is 0 Å². The quantitative estimate of drug-likeness (QED) is 0.0227. The zero-order valence-electron chi connectivity index (χ0n) is 52.2.